The van der Waals surface area contributed by atoms with Gasteiger partial charge in [0.1, 0.15) is 11.6 Å². The molecule has 0 saturated carbocycles. The summed E-state index contributed by atoms with van der Waals surface area (Å²) in [6, 6.07) is 11.2. The van der Waals surface area contributed by atoms with Gasteiger partial charge in [-0.3, -0.25) is 0 Å². The fourth-order valence-corrected chi connectivity index (χ4v) is 2.65. The van der Waals surface area contributed by atoms with E-state index in [1.54, 1.807) is 6.07 Å². The highest BCUT2D eigenvalue weighted by Crippen LogP contribution is 2.31. The summed E-state index contributed by atoms with van der Waals surface area (Å²) in [5.41, 5.74) is 3.70. The van der Waals surface area contributed by atoms with Gasteiger partial charge in [-0.1, -0.05) is 23.7 Å². The van der Waals surface area contributed by atoms with Crippen LogP contribution in [-0.2, 0) is 6.54 Å². The number of phenolic OH excluding ortho intramolecular Hbond substituents is 1. The number of hydrogen-bond acceptors (Lipinski definition) is 2. The number of aromatic hydroxyl groups is 1. The number of benzene rings is 2. The third kappa shape index (κ3) is 1.95. The molecule has 4 heteroatoms. The normalized spacial score (nSPS) is 11.2. The fourth-order valence-electron chi connectivity index (χ4n) is 2.49. The van der Waals surface area contributed by atoms with Crippen LogP contribution in [0.15, 0.2) is 36.4 Å². The number of rotatable bonds is 2. The average Bonchev–Trinajstić information content (AvgIpc) is 2.79. The largest absolute Gasteiger partial charge is 0.508 e. The molecule has 0 atom stereocenters. The monoisotopic (exact) mass is 286 g/mol. The number of aryl methyl sites for hydroxylation is 1. The summed E-state index contributed by atoms with van der Waals surface area (Å²) in [6.07, 6.45) is 0. The maximum atomic E-state index is 9.89. The molecule has 0 fully saturated rings. The molecule has 1 aromatic heterocycles. The molecule has 0 bridgehead atoms. The summed E-state index contributed by atoms with van der Waals surface area (Å²) in [7, 11) is 0. The van der Waals surface area contributed by atoms with Crippen LogP contribution in [0.2, 0.25) is 5.02 Å². The molecule has 0 unspecified atom stereocenters. The van der Waals surface area contributed by atoms with Crippen LogP contribution in [0.25, 0.3) is 22.4 Å². The molecule has 3 rings (SSSR count). The van der Waals surface area contributed by atoms with Crippen LogP contribution in [0.1, 0.15) is 12.5 Å². The van der Waals surface area contributed by atoms with Gasteiger partial charge in [0, 0.05) is 22.7 Å². The lowest BCUT2D eigenvalue weighted by Crippen LogP contribution is -1.98. The molecule has 0 aliphatic carbocycles. The molecular weight excluding hydrogens is 272 g/mol. The van der Waals surface area contributed by atoms with E-state index in [1.165, 1.54) is 0 Å². The molecular formula is C16H15ClN2O. The predicted molar refractivity (Wildman–Crippen MR) is 82.3 cm³/mol. The van der Waals surface area contributed by atoms with E-state index in [1.807, 2.05) is 37.3 Å². The lowest BCUT2D eigenvalue weighted by Gasteiger charge is -2.09. The molecule has 0 aliphatic rings. The van der Waals surface area contributed by atoms with Crippen molar-refractivity contribution in [1.29, 1.82) is 0 Å². The van der Waals surface area contributed by atoms with E-state index in [2.05, 4.69) is 11.5 Å². The molecule has 3 aromatic rings. The van der Waals surface area contributed by atoms with Crippen molar-refractivity contribution < 1.29 is 5.11 Å². The molecule has 0 amide bonds. The first kappa shape index (κ1) is 13.0. The Balaban J connectivity index is 2.33. The third-order valence-corrected chi connectivity index (χ3v) is 3.81. The van der Waals surface area contributed by atoms with Gasteiger partial charge in [-0.25, -0.2) is 4.98 Å². The van der Waals surface area contributed by atoms with Gasteiger partial charge in [-0.15, -0.1) is 0 Å². The standard InChI is InChI=1S/C16H15ClN2O/c1-3-19-14-9-11(17)7-8-13(14)18-16(19)12-5-4-6-15(20)10(12)2/h4-9,20H,3H2,1-2H3. The highest BCUT2D eigenvalue weighted by Gasteiger charge is 2.14. The number of phenols is 1. The molecule has 0 saturated heterocycles. The molecule has 102 valence electrons. The minimum atomic E-state index is 0.287. The van der Waals surface area contributed by atoms with Gasteiger partial charge < -0.3 is 9.67 Å². The number of fused-ring (bicyclic) bond motifs is 1. The first-order chi connectivity index (χ1) is 9.61. The maximum Gasteiger partial charge on any atom is 0.141 e. The van der Waals surface area contributed by atoms with E-state index >= 15 is 0 Å². The molecule has 20 heavy (non-hydrogen) atoms. The molecule has 0 spiro atoms. The minimum absolute atomic E-state index is 0.287. The quantitative estimate of drug-likeness (QED) is 0.759. The van der Waals surface area contributed by atoms with Crippen molar-refractivity contribution in [3.8, 4) is 17.1 Å². The van der Waals surface area contributed by atoms with Crippen molar-refractivity contribution in [2.75, 3.05) is 0 Å². The molecule has 0 radical (unpaired) electrons. The van der Waals surface area contributed by atoms with Crippen LogP contribution in [0.3, 0.4) is 0 Å². The highest BCUT2D eigenvalue weighted by molar-refractivity contribution is 6.31. The van der Waals surface area contributed by atoms with Crippen molar-refractivity contribution in [2.24, 2.45) is 0 Å². The molecule has 3 nitrogen and oxygen atoms in total. The summed E-state index contributed by atoms with van der Waals surface area (Å²) in [5.74, 6) is 1.15. The van der Waals surface area contributed by atoms with E-state index in [9.17, 15) is 5.11 Å². The van der Waals surface area contributed by atoms with Crippen molar-refractivity contribution >= 4 is 22.6 Å². The fraction of sp³-hybridized carbons (Fsp3) is 0.188. The summed E-state index contributed by atoms with van der Waals surface area (Å²) in [4.78, 5) is 4.69. The summed E-state index contributed by atoms with van der Waals surface area (Å²) < 4.78 is 2.11. The number of imidazole rings is 1. The summed E-state index contributed by atoms with van der Waals surface area (Å²) >= 11 is 6.08. The second-order valence-electron chi connectivity index (χ2n) is 4.76. The summed E-state index contributed by atoms with van der Waals surface area (Å²) in [6.45, 7) is 4.77. The van der Waals surface area contributed by atoms with Crippen molar-refractivity contribution in [2.45, 2.75) is 20.4 Å². The first-order valence-corrected chi connectivity index (χ1v) is 6.94. The predicted octanol–water partition coefficient (Wildman–Crippen LogP) is 4.39. The Morgan fingerprint density at radius 2 is 2.05 bits per heavy atom. The van der Waals surface area contributed by atoms with Gasteiger partial charge in [0.25, 0.3) is 0 Å². The first-order valence-electron chi connectivity index (χ1n) is 6.56. The van der Waals surface area contributed by atoms with Crippen molar-refractivity contribution in [3.05, 3.63) is 47.0 Å². The Morgan fingerprint density at radius 3 is 2.80 bits per heavy atom. The van der Waals surface area contributed by atoms with E-state index in [4.69, 9.17) is 16.6 Å². The Morgan fingerprint density at radius 1 is 1.25 bits per heavy atom. The van der Waals surface area contributed by atoms with Crippen LogP contribution in [-0.4, -0.2) is 14.7 Å². The van der Waals surface area contributed by atoms with E-state index in [0.717, 1.165) is 34.5 Å². The number of halogens is 1. The van der Waals surface area contributed by atoms with Gasteiger partial charge in [0.05, 0.1) is 11.0 Å². The van der Waals surface area contributed by atoms with Crippen LogP contribution < -0.4 is 0 Å². The minimum Gasteiger partial charge on any atom is -0.508 e. The number of hydrogen-bond donors (Lipinski definition) is 1. The second kappa shape index (κ2) is 4.84. The molecule has 0 aliphatic heterocycles. The van der Waals surface area contributed by atoms with E-state index in [0.29, 0.717) is 5.02 Å². The lowest BCUT2D eigenvalue weighted by molar-refractivity contribution is 0.471. The van der Waals surface area contributed by atoms with Gasteiger partial charge in [-0.2, -0.15) is 0 Å². The Labute approximate surface area is 122 Å². The molecule has 2 aromatic carbocycles. The smallest absolute Gasteiger partial charge is 0.141 e. The zero-order valence-corrected chi connectivity index (χ0v) is 12.1. The van der Waals surface area contributed by atoms with E-state index < -0.39 is 0 Å². The second-order valence-corrected chi connectivity index (χ2v) is 5.20. The number of aromatic nitrogens is 2. The Hall–Kier alpha value is -2.00. The maximum absolute atomic E-state index is 9.89. The Bertz CT molecular complexity index is 793. The topological polar surface area (TPSA) is 38.0 Å². The van der Waals surface area contributed by atoms with Gasteiger partial charge in [0.15, 0.2) is 0 Å². The zero-order valence-electron chi connectivity index (χ0n) is 11.4. The third-order valence-electron chi connectivity index (χ3n) is 3.57. The van der Waals surface area contributed by atoms with Crippen LogP contribution in [0.5, 0.6) is 5.75 Å². The van der Waals surface area contributed by atoms with E-state index in [-0.39, 0.29) is 5.75 Å². The van der Waals surface area contributed by atoms with Crippen LogP contribution >= 0.6 is 11.6 Å². The molecule has 1 heterocycles. The SMILES string of the molecule is CCn1c(-c2cccc(O)c2C)nc2ccc(Cl)cc21. The zero-order chi connectivity index (χ0) is 14.3. The summed E-state index contributed by atoms with van der Waals surface area (Å²) in [5, 5.41) is 10.6. The van der Waals surface area contributed by atoms with Crippen molar-refractivity contribution in [1.82, 2.24) is 9.55 Å². The Kier molecular flexibility index (Phi) is 3.14. The van der Waals surface area contributed by atoms with Gasteiger partial charge in [-0.05, 0) is 38.1 Å². The molecule has 1 N–H and O–H groups in total. The number of nitrogens with zero attached hydrogens (tertiary/aromatic N) is 2. The van der Waals surface area contributed by atoms with Gasteiger partial charge in [0.2, 0.25) is 0 Å². The average molecular weight is 287 g/mol. The lowest BCUT2D eigenvalue weighted by atomic mass is 10.1. The van der Waals surface area contributed by atoms with Gasteiger partial charge >= 0.3 is 0 Å². The highest BCUT2D eigenvalue weighted by atomic mass is 35.5. The van der Waals surface area contributed by atoms with Crippen molar-refractivity contribution in [3.63, 3.8) is 0 Å². The van der Waals surface area contributed by atoms with Crippen LogP contribution in [0, 0.1) is 6.92 Å². The van der Waals surface area contributed by atoms with Crippen LogP contribution in [0.4, 0.5) is 0 Å².